The van der Waals surface area contributed by atoms with Gasteiger partial charge in [-0.25, -0.2) is 0 Å². The molecular formula is C16H15NO4. The summed E-state index contributed by atoms with van der Waals surface area (Å²) in [7, 11) is 1.47. The zero-order chi connectivity index (χ0) is 15.2. The number of nitro groups is 1. The van der Waals surface area contributed by atoms with Crippen molar-refractivity contribution in [1.82, 2.24) is 0 Å². The molecule has 0 heterocycles. The van der Waals surface area contributed by atoms with E-state index in [1.165, 1.54) is 13.2 Å². The van der Waals surface area contributed by atoms with Crippen LogP contribution in [0.15, 0.2) is 48.7 Å². The Kier molecular flexibility index (Phi) is 4.56. The van der Waals surface area contributed by atoms with Gasteiger partial charge in [0.1, 0.15) is 0 Å². The number of phenolic OH excluding ortho intramolecular Hbond substituents is 1. The van der Waals surface area contributed by atoms with Crippen molar-refractivity contribution in [1.29, 1.82) is 0 Å². The second-order valence-electron chi connectivity index (χ2n) is 4.45. The first-order valence-corrected chi connectivity index (χ1v) is 6.36. The van der Waals surface area contributed by atoms with E-state index in [4.69, 9.17) is 4.74 Å². The fourth-order valence-electron chi connectivity index (χ4n) is 2.08. The molecule has 2 rings (SSSR count). The lowest BCUT2D eigenvalue weighted by atomic mass is 9.98. The first-order valence-electron chi connectivity index (χ1n) is 6.36. The summed E-state index contributed by atoms with van der Waals surface area (Å²) in [6, 6.07) is 12.8. The number of phenols is 1. The Morgan fingerprint density at radius 1 is 1.24 bits per heavy atom. The number of hydrogen-bond acceptors (Lipinski definition) is 4. The molecule has 0 aliphatic heterocycles. The number of nitrogens with zero attached hydrogens (tertiary/aromatic N) is 1. The number of benzene rings is 2. The molecule has 0 radical (unpaired) electrons. The molecule has 0 saturated carbocycles. The molecule has 2 aromatic rings. The second kappa shape index (κ2) is 6.56. The third kappa shape index (κ3) is 3.60. The molecule has 108 valence electrons. The van der Waals surface area contributed by atoms with Gasteiger partial charge in [0.05, 0.1) is 12.0 Å². The highest BCUT2D eigenvalue weighted by Gasteiger charge is 2.13. The molecule has 0 aromatic heterocycles. The van der Waals surface area contributed by atoms with Gasteiger partial charge in [0.2, 0.25) is 6.20 Å². The quantitative estimate of drug-likeness (QED) is 0.676. The summed E-state index contributed by atoms with van der Waals surface area (Å²) in [6.07, 6.45) is 2.69. The van der Waals surface area contributed by atoms with E-state index in [0.717, 1.165) is 11.8 Å². The van der Waals surface area contributed by atoms with Crippen molar-refractivity contribution in [2.24, 2.45) is 0 Å². The van der Waals surface area contributed by atoms with Crippen molar-refractivity contribution in [3.63, 3.8) is 0 Å². The van der Waals surface area contributed by atoms with Gasteiger partial charge in [0, 0.05) is 18.1 Å². The summed E-state index contributed by atoms with van der Waals surface area (Å²) in [5, 5.41) is 20.7. The summed E-state index contributed by atoms with van der Waals surface area (Å²) in [5.41, 5.74) is 2.18. The Bertz CT molecular complexity index is 665. The molecule has 1 N–H and O–H groups in total. The fraction of sp³-hybridized carbons (Fsp3) is 0.125. The van der Waals surface area contributed by atoms with Gasteiger partial charge in [-0.05, 0) is 17.2 Å². The minimum Gasteiger partial charge on any atom is -0.504 e. The van der Waals surface area contributed by atoms with Crippen LogP contribution in [0.25, 0.3) is 6.08 Å². The molecule has 0 fully saturated rings. The lowest BCUT2D eigenvalue weighted by Gasteiger charge is -2.12. The maximum atomic E-state index is 10.5. The molecule has 0 bridgehead atoms. The Labute approximate surface area is 122 Å². The molecule has 0 spiro atoms. The van der Waals surface area contributed by atoms with E-state index in [0.29, 0.717) is 23.3 Å². The number of rotatable bonds is 5. The van der Waals surface area contributed by atoms with E-state index in [-0.39, 0.29) is 5.75 Å². The van der Waals surface area contributed by atoms with Crippen LogP contribution in [0.5, 0.6) is 11.5 Å². The standard InChI is InChI=1S/C16H15NO4/c1-21-15-8-7-13(9-10-17(19)20)14(16(15)18)11-12-5-3-2-4-6-12/h2-10,18H,11H2,1H3/b10-9+. The van der Waals surface area contributed by atoms with Gasteiger partial charge in [-0.15, -0.1) is 0 Å². The molecule has 0 saturated heterocycles. The Morgan fingerprint density at radius 3 is 2.57 bits per heavy atom. The Hall–Kier alpha value is -2.82. The maximum Gasteiger partial charge on any atom is 0.235 e. The molecule has 0 aliphatic carbocycles. The fourth-order valence-corrected chi connectivity index (χ4v) is 2.08. The SMILES string of the molecule is COc1ccc(/C=C/[N+](=O)[O-])c(Cc2ccccc2)c1O. The van der Waals surface area contributed by atoms with Gasteiger partial charge in [0.25, 0.3) is 0 Å². The molecule has 0 aliphatic rings. The molecule has 2 aromatic carbocycles. The zero-order valence-electron chi connectivity index (χ0n) is 11.5. The number of hydrogen-bond donors (Lipinski definition) is 1. The lowest BCUT2D eigenvalue weighted by Crippen LogP contribution is -1.96. The number of methoxy groups -OCH3 is 1. The van der Waals surface area contributed by atoms with Crippen molar-refractivity contribution in [2.45, 2.75) is 6.42 Å². The Balaban J connectivity index is 2.46. The van der Waals surface area contributed by atoms with E-state index < -0.39 is 4.92 Å². The molecule has 5 nitrogen and oxygen atoms in total. The first-order chi connectivity index (χ1) is 10.1. The zero-order valence-corrected chi connectivity index (χ0v) is 11.5. The van der Waals surface area contributed by atoms with Crippen molar-refractivity contribution in [3.8, 4) is 11.5 Å². The van der Waals surface area contributed by atoms with Gasteiger partial charge >= 0.3 is 0 Å². The number of aromatic hydroxyl groups is 1. The highest BCUT2D eigenvalue weighted by molar-refractivity contribution is 5.62. The summed E-state index contributed by atoms with van der Waals surface area (Å²) in [5.74, 6) is 0.353. The predicted molar refractivity (Wildman–Crippen MR) is 79.9 cm³/mol. The topological polar surface area (TPSA) is 72.6 Å². The van der Waals surface area contributed by atoms with Crippen LogP contribution in [0.3, 0.4) is 0 Å². The average Bonchev–Trinajstić information content (AvgIpc) is 2.49. The summed E-state index contributed by atoms with van der Waals surface area (Å²) in [6.45, 7) is 0. The monoisotopic (exact) mass is 285 g/mol. The smallest absolute Gasteiger partial charge is 0.235 e. The van der Waals surface area contributed by atoms with E-state index in [1.54, 1.807) is 12.1 Å². The van der Waals surface area contributed by atoms with E-state index in [2.05, 4.69) is 0 Å². The van der Waals surface area contributed by atoms with Crippen LogP contribution in [0.1, 0.15) is 16.7 Å². The second-order valence-corrected chi connectivity index (χ2v) is 4.45. The van der Waals surface area contributed by atoms with Gasteiger partial charge in [0.15, 0.2) is 11.5 Å². The minimum absolute atomic E-state index is 0.00634. The van der Waals surface area contributed by atoms with Gasteiger partial charge in [-0.2, -0.15) is 0 Å². The highest BCUT2D eigenvalue weighted by Crippen LogP contribution is 2.34. The molecule has 0 amide bonds. The lowest BCUT2D eigenvalue weighted by molar-refractivity contribution is -0.400. The Morgan fingerprint density at radius 2 is 1.95 bits per heavy atom. The van der Waals surface area contributed by atoms with Crippen LogP contribution in [0.2, 0.25) is 0 Å². The van der Waals surface area contributed by atoms with Crippen LogP contribution in [0, 0.1) is 10.1 Å². The van der Waals surface area contributed by atoms with Gasteiger partial charge in [-0.3, -0.25) is 10.1 Å². The van der Waals surface area contributed by atoms with Crippen molar-refractivity contribution >= 4 is 6.08 Å². The van der Waals surface area contributed by atoms with Crippen LogP contribution >= 0.6 is 0 Å². The van der Waals surface area contributed by atoms with Crippen molar-refractivity contribution in [3.05, 3.63) is 75.5 Å². The largest absolute Gasteiger partial charge is 0.504 e. The van der Waals surface area contributed by atoms with E-state index >= 15 is 0 Å². The summed E-state index contributed by atoms with van der Waals surface area (Å²) >= 11 is 0. The normalized spacial score (nSPS) is 10.7. The van der Waals surface area contributed by atoms with Crippen LogP contribution in [-0.2, 0) is 6.42 Å². The van der Waals surface area contributed by atoms with Gasteiger partial charge < -0.3 is 9.84 Å². The third-order valence-corrected chi connectivity index (χ3v) is 3.10. The first kappa shape index (κ1) is 14.6. The summed E-state index contributed by atoms with van der Waals surface area (Å²) < 4.78 is 5.10. The van der Waals surface area contributed by atoms with Crippen LogP contribution in [0.4, 0.5) is 0 Å². The maximum absolute atomic E-state index is 10.5. The molecule has 21 heavy (non-hydrogen) atoms. The minimum atomic E-state index is -0.534. The van der Waals surface area contributed by atoms with E-state index in [1.807, 2.05) is 30.3 Å². The van der Waals surface area contributed by atoms with Gasteiger partial charge in [-0.1, -0.05) is 36.4 Å². The molecule has 0 unspecified atom stereocenters. The van der Waals surface area contributed by atoms with Crippen LogP contribution < -0.4 is 4.74 Å². The number of ether oxygens (including phenoxy) is 1. The third-order valence-electron chi connectivity index (χ3n) is 3.10. The van der Waals surface area contributed by atoms with Crippen molar-refractivity contribution < 1.29 is 14.8 Å². The summed E-state index contributed by atoms with van der Waals surface area (Å²) in [4.78, 5) is 9.95. The highest BCUT2D eigenvalue weighted by atomic mass is 16.6. The van der Waals surface area contributed by atoms with Crippen LogP contribution in [-0.4, -0.2) is 17.1 Å². The molecule has 0 atom stereocenters. The average molecular weight is 285 g/mol. The predicted octanol–water partition coefficient (Wildman–Crippen LogP) is 3.24. The van der Waals surface area contributed by atoms with Crippen molar-refractivity contribution in [2.75, 3.05) is 7.11 Å². The van der Waals surface area contributed by atoms with E-state index in [9.17, 15) is 15.2 Å². The molecular weight excluding hydrogens is 270 g/mol. The molecule has 5 heteroatoms.